The number of rotatable bonds is 2. The van der Waals surface area contributed by atoms with Crippen molar-refractivity contribution < 1.29 is 0 Å². The Balaban J connectivity index is 2.49. The molecule has 0 nitrogen and oxygen atoms in total. The third-order valence-electron chi connectivity index (χ3n) is 3.49. The van der Waals surface area contributed by atoms with Crippen molar-refractivity contribution in [1.82, 2.24) is 0 Å². The molecular weight excluding hydrogens is 156 g/mol. The minimum atomic E-state index is 0.948. The van der Waals surface area contributed by atoms with Crippen molar-refractivity contribution in [3.8, 4) is 0 Å². The highest BCUT2D eigenvalue weighted by molar-refractivity contribution is 4.99. The monoisotopic (exact) mass is 180 g/mol. The zero-order chi connectivity index (χ0) is 9.68. The summed E-state index contributed by atoms with van der Waals surface area (Å²) in [6, 6.07) is 0. The molecule has 0 fully saturated rings. The quantitative estimate of drug-likeness (QED) is 0.546. The van der Waals surface area contributed by atoms with E-state index in [1.165, 1.54) is 38.5 Å². The predicted octanol–water partition coefficient (Wildman–Crippen LogP) is 4.56. The molecule has 0 heteroatoms. The van der Waals surface area contributed by atoms with Gasteiger partial charge in [-0.15, -0.1) is 0 Å². The first kappa shape index (κ1) is 10.8. The zero-order valence-corrected chi connectivity index (χ0v) is 9.47. The van der Waals surface area contributed by atoms with Gasteiger partial charge in [0.1, 0.15) is 0 Å². The molecule has 0 aromatic carbocycles. The van der Waals surface area contributed by atoms with Crippen LogP contribution < -0.4 is 0 Å². The summed E-state index contributed by atoms with van der Waals surface area (Å²) in [4.78, 5) is 0. The summed E-state index contributed by atoms with van der Waals surface area (Å²) in [6.45, 7) is 7.04. The molecule has 1 aliphatic rings. The fourth-order valence-corrected chi connectivity index (χ4v) is 2.43. The predicted molar refractivity (Wildman–Crippen MR) is 59.8 cm³/mol. The Hall–Kier alpha value is -0.260. The number of hydrogen-bond donors (Lipinski definition) is 0. The van der Waals surface area contributed by atoms with Crippen LogP contribution in [0.4, 0.5) is 0 Å². The lowest BCUT2D eigenvalue weighted by molar-refractivity contribution is 0.293. The molecule has 0 N–H and O–H groups in total. The van der Waals surface area contributed by atoms with Gasteiger partial charge in [-0.2, -0.15) is 0 Å². The minimum absolute atomic E-state index is 0.948. The maximum absolute atomic E-state index is 2.44. The second kappa shape index (κ2) is 5.47. The molecular formula is C13H24. The second-order valence-electron chi connectivity index (χ2n) is 4.69. The molecule has 0 heterocycles. The largest absolute Gasteiger partial charge is 0.0856 e. The van der Waals surface area contributed by atoms with Crippen molar-refractivity contribution >= 4 is 0 Å². The van der Waals surface area contributed by atoms with E-state index in [0.717, 1.165) is 11.8 Å². The summed E-state index contributed by atoms with van der Waals surface area (Å²) in [5.74, 6) is 1.94. The molecule has 76 valence electrons. The lowest BCUT2D eigenvalue weighted by Gasteiger charge is -2.25. The molecule has 0 radical (unpaired) electrons. The molecule has 1 rings (SSSR count). The molecule has 0 aromatic heterocycles. The van der Waals surface area contributed by atoms with Crippen LogP contribution >= 0.6 is 0 Å². The van der Waals surface area contributed by atoms with Crippen molar-refractivity contribution in [3.05, 3.63) is 11.6 Å². The van der Waals surface area contributed by atoms with Gasteiger partial charge in [-0.25, -0.2) is 0 Å². The lowest BCUT2D eigenvalue weighted by atomic mass is 9.81. The van der Waals surface area contributed by atoms with Crippen LogP contribution in [-0.2, 0) is 0 Å². The van der Waals surface area contributed by atoms with E-state index in [1.54, 1.807) is 5.57 Å². The molecule has 0 spiro atoms. The summed E-state index contributed by atoms with van der Waals surface area (Å²) in [5.41, 5.74) is 1.62. The third-order valence-corrected chi connectivity index (χ3v) is 3.49. The fraction of sp³-hybridized carbons (Fsp3) is 0.846. The molecule has 0 bridgehead atoms. The Morgan fingerprint density at radius 2 is 2.15 bits per heavy atom. The van der Waals surface area contributed by atoms with E-state index in [2.05, 4.69) is 26.8 Å². The van der Waals surface area contributed by atoms with Gasteiger partial charge in [-0.3, -0.25) is 0 Å². The SMILES string of the molecule is CCCC1CCC(C)=CCCC1C. The van der Waals surface area contributed by atoms with Crippen LogP contribution in [0.25, 0.3) is 0 Å². The highest BCUT2D eigenvalue weighted by atomic mass is 14.2. The first-order chi connectivity index (χ1) is 6.24. The Kier molecular flexibility index (Phi) is 4.55. The van der Waals surface area contributed by atoms with E-state index in [-0.39, 0.29) is 0 Å². The van der Waals surface area contributed by atoms with Crippen molar-refractivity contribution in [2.75, 3.05) is 0 Å². The molecule has 1 aliphatic carbocycles. The minimum Gasteiger partial charge on any atom is -0.0856 e. The zero-order valence-electron chi connectivity index (χ0n) is 9.47. The van der Waals surface area contributed by atoms with Crippen LogP contribution in [-0.4, -0.2) is 0 Å². The van der Waals surface area contributed by atoms with Crippen molar-refractivity contribution in [3.63, 3.8) is 0 Å². The van der Waals surface area contributed by atoms with Crippen LogP contribution in [0.1, 0.15) is 59.3 Å². The van der Waals surface area contributed by atoms with Gasteiger partial charge in [0.15, 0.2) is 0 Å². The highest BCUT2D eigenvalue weighted by Crippen LogP contribution is 2.30. The van der Waals surface area contributed by atoms with Crippen LogP contribution in [0.15, 0.2) is 11.6 Å². The smallest absolute Gasteiger partial charge is 0.0320 e. The van der Waals surface area contributed by atoms with E-state index < -0.39 is 0 Å². The Bertz CT molecular complexity index is 167. The van der Waals surface area contributed by atoms with Crippen molar-refractivity contribution in [1.29, 1.82) is 0 Å². The molecule has 0 saturated carbocycles. The maximum Gasteiger partial charge on any atom is -0.0320 e. The maximum atomic E-state index is 2.44. The molecule has 0 amide bonds. The van der Waals surface area contributed by atoms with Gasteiger partial charge >= 0.3 is 0 Å². The lowest BCUT2D eigenvalue weighted by Crippen LogP contribution is -2.13. The number of allylic oxidation sites excluding steroid dienone is 2. The molecule has 2 unspecified atom stereocenters. The topological polar surface area (TPSA) is 0 Å². The van der Waals surface area contributed by atoms with E-state index in [0.29, 0.717) is 0 Å². The highest BCUT2D eigenvalue weighted by Gasteiger charge is 2.17. The van der Waals surface area contributed by atoms with E-state index in [9.17, 15) is 0 Å². The summed E-state index contributed by atoms with van der Waals surface area (Å²) in [7, 11) is 0. The van der Waals surface area contributed by atoms with Crippen molar-refractivity contribution in [2.24, 2.45) is 11.8 Å². The van der Waals surface area contributed by atoms with E-state index >= 15 is 0 Å². The third kappa shape index (κ3) is 3.54. The first-order valence-corrected chi connectivity index (χ1v) is 5.89. The molecule has 0 aromatic rings. The van der Waals surface area contributed by atoms with Gasteiger partial charge in [0.05, 0.1) is 0 Å². The Labute approximate surface area is 83.4 Å². The fourth-order valence-electron chi connectivity index (χ4n) is 2.43. The average molecular weight is 180 g/mol. The second-order valence-corrected chi connectivity index (χ2v) is 4.69. The summed E-state index contributed by atoms with van der Waals surface area (Å²) >= 11 is 0. The van der Waals surface area contributed by atoms with E-state index in [1.807, 2.05) is 0 Å². The van der Waals surface area contributed by atoms with Crippen molar-refractivity contribution in [2.45, 2.75) is 59.3 Å². The van der Waals surface area contributed by atoms with Gasteiger partial charge in [0.2, 0.25) is 0 Å². The van der Waals surface area contributed by atoms with Crippen LogP contribution in [0, 0.1) is 11.8 Å². The van der Waals surface area contributed by atoms with Gasteiger partial charge < -0.3 is 0 Å². The molecule has 2 atom stereocenters. The van der Waals surface area contributed by atoms with E-state index in [4.69, 9.17) is 0 Å². The van der Waals surface area contributed by atoms with Crippen LogP contribution in [0.5, 0.6) is 0 Å². The molecule has 0 aliphatic heterocycles. The first-order valence-electron chi connectivity index (χ1n) is 5.89. The Morgan fingerprint density at radius 1 is 1.38 bits per heavy atom. The standard InChI is InChI=1S/C13H24/c1-4-6-13-10-9-11(2)7-5-8-12(13)3/h7,12-13H,4-6,8-10H2,1-3H3. The molecule has 0 saturated heterocycles. The summed E-state index contributed by atoms with van der Waals surface area (Å²) in [5, 5.41) is 0. The van der Waals surface area contributed by atoms with Gasteiger partial charge in [0.25, 0.3) is 0 Å². The van der Waals surface area contributed by atoms with Crippen LogP contribution in [0.3, 0.4) is 0 Å². The van der Waals surface area contributed by atoms with Crippen LogP contribution in [0.2, 0.25) is 0 Å². The number of hydrogen-bond acceptors (Lipinski definition) is 0. The van der Waals surface area contributed by atoms with Gasteiger partial charge in [-0.05, 0) is 44.4 Å². The average Bonchev–Trinajstić information content (AvgIpc) is 2.10. The summed E-state index contributed by atoms with van der Waals surface area (Å²) in [6.07, 6.45) is 10.7. The summed E-state index contributed by atoms with van der Waals surface area (Å²) < 4.78 is 0. The van der Waals surface area contributed by atoms with Gasteiger partial charge in [0, 0.05) is 0 Å². The Morgan fingerprint density at radius 3 is 2.85 bits per heavy atom. The normalized spacial score (nSPS) is 30.5. The molecule has 13 heavy (non-hydrogen) atoms. The van der Waals surface area contributed by atoms with Gasteiger partial charge in [-0.1, -0.05) is 38.3 Å².